The van der Waals surface area contributed by atoms with Crippen molar-refractivity contribution in [3.05, 3.63) is 34.5 Å². The summed E-state index contributed by atoms with van der Waals surface area (Å²) in [6, 6.07) is 1.76. The van der Waals surface area contributed by atoms with Crippen molar-refractivity contribution in [2.45, 2.75) is 19.2 Å². The SMILES string of the molecule is CSCn1nc(Br)c2cnc(C(=O)N/C=C3\CC(C)CO3)cc21. The third-order valence-electron chi connectivity index (χ3n) is 3.54. The fraction of sp³-hybridized carbons (Fsp3) is 0.400. The average molecular weight is 397 g/mol. The van der Waals surface area contributed by atoms with Crippen LogP contribution in [0.4, 0.5) is 0 Å². The van der Waals surface area contributed by atoms with E-state index >= 15 is 0 Å². The normalized spacial score (nSPS) is 19.3. The number of aromatic nitrogens is 3. The Balaban J connectivity index is 1.82. The summed E-state index contributed by atoms with van der Waals surface area (Å²) in [5.74, 6) is 1.76. The molecule has 6 nitrogen and oxygen atoms in total. The molecule has 0 bridgehead atoms. The van der Waals surface area contributed by atoms with Crippen LogP contribution in [0.3, 0.4) is 0 Å². The van der Waals surface area contributed by atoms with Crippen LogP contribution in [-0.4, -0.2) is 33.5 Å². The van der Waals surface area contributed by atoms with Gasteiger partial charge in [0, 0.05) is 18.8 Å². The number of nitrogens with zero attached hydrogens (tertiary/aromatic N) is 3. The molecular weight excluding hydrogens is 380 g/mol. The molecule has 0 radical (unpaired) electrons. The molecule has 2 aromatic heterocycles. The molecule has 8 heteroatoms. The van der Waals surface area contributed by atoms with Crippen molar-refractivity contribution in [1.82, 2.24) is 20.1 Å². The first kappa shape index (κ1) is 16.3. The summed E-state index contributed by atoms with van der Waals surface area (Å²) in [7, 11) is 0. The van der Waals surface area contributed by atoms with E-state index in [1.807, 2.05) is 10.9 Å². The maximum Gasteiger partial charge on any atom is 0.273 e. The van der Waals surface area contributed by atoms with Crippen LogP contribution >= 0.6 is 27.7 Å². The van der Waals surface area contributed by atoms with Gasteiger partial charge in [-0.1, -0.05) is 6.92 Å². The van der Waals surface area contributed by atoms with Crippen LogP contribution in [0.1, 0.15) is 23.8 Å². The highest BCUT2D eigenvalue weighted by molar-refractivity contribution is 9.10. The van der Waals surface area contributed by atoms with Crippen LogP contribution in [0, 0.1) is 5.92 Å². The summed E-state index contributed by atoms with van der Waals surface area (Å²) in [4.78, 5) is 16.5. The van der Waals surface area contributed by atoms with Crippen molar-refractivity contribution in [1.29, 1.82) is 0 Å². The molecule has 0 aliphatic carbocycles. The van der Waals surface area contributed by atoms with Gasteiger partial charge >= 0.3 is 0 Å². The molecule has 122 valence electrons. The summed E-state index contributed by atoms with van der Waals surface area (Å²) in [5, 5.41) is 8.05. The summed E-state index contributed by atoms with van der Waals surface area (Å²) in [6.45, 7) is 2.82. The summed E-state index contributed by atoms with van der Waals surface area (Å²) >= 11 is 5.08. The highest BCUT2D eigenvalue weighted by atomic mass is 79.9. The number of thioether (sulfide) groups is 1. The van der Waals surface area contributed by atoms with Gasteiger partial charge in [0.25, 0.3) is 5.91 Å². The zero-order chi connectivity index (χ0) is 16.4. The van der Waals surface area contributed by atoms with E-state index in [-0.39, 0.29) is 5.91 Å². The van der Waals surface area contributed by atoms with Crippen molar-refractivity contribution in [2.75, 3.05) is 12.9 Å². The molecule has 1 fully saturated rings. The van der Waals surface area contributed by atoms with Gasteiger partial charge in [0.2, 0.25) is 0 Å². The van der Waals surface area contributed by atoms with Crippen LogP contribution in [0.25, 0.3) is 10.9 Å². The molecule has 0 spiro atoms. The predicted molar refractivity (Wildman–Crippen MR) is 94.0 cm³/mol. The minimum absolute atomic E-state index is 0.254. The van der Waals surface area contributed by atoms with E-state index in [2.05, 4.69) is 38.3 Å². The van der Waals surface area contributed by atoms with Gasteiger partial charge in [-0.05, 0) is 34.2 Å². The van der Waals surface area contributed by atoms with Gasteiger partial charge in [-0.15, -0.1) is 11.8 Å². The van der Waals surface area contributed by atoms with E-state index in [1.54, 1.807) is 30.2 Å². The molecule has 1 unspecified atom stereocenters. The summed E-state index contributed by atoms with van der Waals surface area (Å²) in [5.41, 5.74) is 1.24. The lowest BCUT2D eigenvalue weighted by Crippen LogP contribution is -2.19. The Morgan fingerprint density at radius 2 is 2.48 bits per heavy atom. The zero-order valence-corrected chi connectivity index (χ0v) is 15.3. The van der Waals surface area contributed by atoms with Gasteiger partial charge in [0.15, 0.2) is 0 Å². The molecule has 1 saturated heterocycles. The Kier molecular flexibility index (Phi) is 4.91. The Hall–Kier alpha value is -1.54. The van der Waals surface area contributed by atoms with E-state index in [9.17, 15) is 4.79 Å². The molecule has 0 aromatic carbocycles. The number of halogens is 1. The van der Waals surface area contributed by atoms with Crippen molar-refractivity contribution in [2.24, 2.45) is 5.92 Å². The zero-order valence-electron chi connectivity index (χ0n) is 12.9. The fourth-order valence-corrected chi connectivity index (χ4v) is 3.35. The van der Waals surface area contributed by atoms with E-state index in [0.717, 1.165) is 27.7 Å². The quantitative estimate of drug-likeness (QED) is 0.859. The first-order valence-corrected chi connectivity index (χ1v) is 9.41. The van der Waals surface area contributed by atoms with Gasteiger partial charge < -0.3 is 10.1 Å². The van der Waals surface area contributed by atoms with Gasteiger partial charge in [-0.25, -0.2) is 0 Å². The molecule has 1 amide bonds. The second-order valence-corrected chi connectivity index (χ2v) is 7.09. The average Bonchev–Trinajstić information content (AvgIpc) is 3.09. The van der Waals surface area contributed by atoms with E-state index in [4.69, 9.17) is 4.74 Å². The monoisotopic (exact) mass is 396 g/mol. The highest BCUT2D eigenvalue weighted by Crippen LogP contribution is 2.24. The second kappa shape index (κ2) is 6.92. The Bertz CT molecular complexity index is 774. The molecule has 3 rings (SSSR count). The third-order valence-corrected chi connectivity index (χ3v) is 4.63. The van der Waals surface area contributed by atoms with Crippen molar-refractivity contribution in [3.63, 3.8) is 0 Å². The fourth-order valence-electron chi connectivity index (χ4n) is 2.41. The van der Waals surface area contributed by atoms with Crippen LogP contribution in [0.2, 0.25) is 0 Å². The second-order valence-electron chi connectivity index (χ2n) is 5.50. The number of nitrogens with one attached hydrogen (secondary N) is 1. The standard InChI is InChI=1S/C15H17BrN4O2S/c1-9-3-10(22-7-9)5-18-15(21)12-4-13-11(6-17-12)14(16)19-20(13)8-23-2/h4-6,9H,3,7-8H2,1-2H3,(H,18,21)/b10-5+. The number of rotatable bonds is 4. The number of fused-ring (bicyclic) bond motifs is 1. The van der Waals surface area contributed by atoms with Gasteiger partial charge in [-0.2, -0.15) is 5.10 Å². The smallest absolute Gasteiger partial charge is 0.273 e. The molecular formula is C15H17BrN4O2S. The van der Waals surface area contributed by atoms with Gasteiger partial charge in [-0.3, -0.25) is 14.5 Å². The van der Waals surface area contributed by atoms with Gasteiger partial charge in [0.05, 0.1) is 23.4 Å². The summed E-state index contributed by atoms with van der Waals surface area (Å²) < 4.78 is 8.06. The van der Waals surface area contributed by atoms with Crippen molar-refractivity contribution >= 4 is 44.5 Å². The number of ether oxygens (including phenoxy) is 1. The lowest BCUT2D eigenvalue weighted by Gasteiger charge is -2.04. The number of amides is 1. The maximum atomic E-state index is 12.3. The van der Waals surface area contributed by atoms with E-state index in [0.29, 0.717) is 24.1 Å². The number of carbonyl (C=O) groups is 1. The number of carbonyl (C=O) groups excluding carboxylic acids is 1. The first-order chi connectivity index (χ1) is 11.1. The molecule has 1 aliphatic rings. The maximum absolute atomic E-state index is 12.3. The van der Waals surface area contributed by atoms with Crippen LogP contribution in [0.5, 0.6) is 0 Å². The molecule has 2 aromatic rings. The summed E-state index contributed by atoms with van der Waals surface area (Å²) in [6.07, 6.45) is 6.15. The lowest BCUT2D eigenvalue weighted by atomic mass is 10.1. The number of pyridine rings is 1. The van der Waals surface area contributed by atoms with Crippen molar-refractivity contribution in [3.8, 4) is 0 Å². The number of hydrogen-bond acceptors (Lipinski definition) is 5. The Morgan fingerprint density at radius 3 is 3.17 bits per heavy atom. The number of allylic oxidation sites excluding steroid dienone is 1. The Morgan fingerprint density at radius 1 is 1.65 bits per heavy atom. The Labute approximate surface area is 146 Å². The largest absolute Gasteiger partial charge is 0.496 e. The van der Waals surface area contributed by atoms with Crippen molar-refractivity contribution < 1.29 is 9.53 Å². The molecule has 1 aliphatic heterocycles. The molecule has 0 saturated carbocycles. The van der Waals surface area contributed by atoms with Crippen LogP contribution in [-0.2, 0) is 10.6 Å². The number of hydrogen-bond donors (Lipinski definition) is 1. The lowest BCUT2D eigenvalue weighted by molar-refractivity contribution is 0.0963. The topological polar surface area (TPSA) is 69.0 Å². The highest BCUT2D eigenvalue weighted by Gasteiger charge is 2.17. The third kappa shape index (κ3) is 3.53. The van der Waals surface area contributed by atoms with Gasteiger partial charge in [0.1, 0.15) is 16.1 Å². The molecule has 3 heterocycles. The van der Waals surface area contributed by atoms with E-state index in [1.165, 1.54) is 0 Å². The minimum Gasteiger partial charge on any atom is -0.496 e. The van der Waals surface area contributed by atoms with Crippen LogP contribution < -0.4 is 5.32 Å². The molecule has 1 atom stereocenters. The van der Waals surface area contributed by atoms with Crippen LogP contribution in [0.15, 0.2) is 28.8 Å². The minimum atomic E-state index is -0.254. The predicted octanol–water partition coefficient (Wildman–Crippen LogP) is 3.14. The molecule has 23 heavy (non-hydrogen) atoms. The molecule has 1 N–H and O–H groups in total. The van der Waals surface area contributed by atoms with E-state index < -0.39 is 0 Å². The first-order valence-electron chi connectivity index (χ1n) is 7.22.